The quantitative estimate of drug-likeness (QED) is 0.386. The van der Waals surface area contributed by atoms with Crippen LogP contribution in [0.2, 0.25) is 5.02 Å². The van der Waals surface area contributed by atoms with E-state index in [4.69, 9.17) is 21.1 Å². The molecular formula is C25H18ClFN2O6. The number of nitrogens with zero attached hydrogens (tertiary/aromatic N) is 1. The molecule has 35 heavy (non-hydrogen) atoms. The standard InChI is InChI=1S/C25H18ClFN2O6/c1-34-21-12-14(11-19(26)22(21)35-13-15-4-2-3-5-20(15)27)10-18-23(31)28-25(33)29(24(18)32)16-6-8-17(30)9-7-16/h2-12,30H,13H2,1H3,(H,28,31,33)/b18-10+. The number of carbonyl (C=O) groups is 3. The predicted molar refractivity (Wildman–Crippen MR) is 126 cm³/mol. The van der Waals surface area contributed by atoms with Crippen LogP contribution in [0, 0.1) is 5.82 Å². The van der Waals surface area contributed by atoms with Crippen LogP contribution >= 0.6 is 11.6 Å². The number of amides is 4. The Bertz CT molecular complexity index is 1360. The minimum Gasteiger partial charge on any atom is -0.508 e. The summed E-state index contributed by atoms with van der Waals surface area (Å²) in [5.41, 5.74) is 0.482. The number of phenols is 1. The van der Waals surface area contributed by atoms with Gasteiger partial charge in [-0.05, 0) is 54.1 Å². The summed E-state index contributed by atoms with van der Waals surface area (Å²) in [7, 11) is 1.38. The van der Waals surface area contributed by atoms with Crippen molar-refractivity contribution in [1.82, 2.24) is 5.32 Å². The van der Waals surface area contributed by atoms with Crippen molar-refractivity contribution in [2.75, 3.05) is 12.0 Å². The zero-order chi connectivity index (χ0) is 25.1. The molecular weight excluding hydrogens is 479 g/mol. The van der Waals surface area contributed by atoms with Gasteiger partial charge in [-0.3, -0.25) is 14.9 Å². The number of barbiturate groups is 1. The van der Waals surface area contributed by atoms with Crippen LogP contribution in [-0.2, 0) is 16.2 Å². The molecule has 8 nitrogen and oxygen atoms in total. The summed E-state index contributed by atoms with van der Waals surface area (Å²) < 4.78 is 24.9. The lowest BCUT2D eigenvalue weighted by Crippen LogP contribution is -2.54. The molecule has 0 bridgehead atoms. The average Bonchev–Trinajstić information content (AvgIpc) is 2.83. The monoisotopic (exact) mass is 496 g/mol. The van der Waals surface area contributed by atoms with E-state index in [0.29, 0.717) is 11.1 Å². The second-order valence-corrected chi connectivity index (χ2v) is 7.80. The van der Waals surface area contributed by atoms with Crippen LogP contribution in [-0.4, -0.2) is 30.1 Å². The van der Waals surface area contributed by atoms with E-state index in [1.807, 2.05) is 0 Å². The molecule has 0 aliphatic carbocycles. The van der Waals surface area contributed by atoms with E-state index in [1.54, 1.807) is 18.2 Å². The van der Waals surface area contributed by atoms with Crippen molar-refractivity contribution >= 4 is 41.2 Å². The largest absolute Gasteiger partial charge is 0.508 e. The number of methoxy groups -OCH3 is 1. The molecule has 1 aliphatic heterocycles. The number of carbonyl (C=O) groups excluding carboxylic acids is 3. The van der Waals surface area contributed by atoms with Crippen molar-refractivity contribution in [3.63, 3.8) is 0 Å². The maximum atomic E-state index is 13.9. The molecule has 0 radical (unpaired) electrons. The first-order valence-electron chi connectivity index (χ1n) is 10.2. The number of imide groups is 2. The van der Waals surface area contributed by atoms with Crippen LogP contribution in [0.15, 0.2) is 66.2 Å². The molecule has 2 N–H and O–H groups in total. The second-order valence-electron chi connectivity index (χ2n) is 7.39. The topological polar surface area (TPSA) is 105 Å². The zero-order valence-electron chi connectivity index (χ0n) is 18.2. The third-order valence-corrected chi connectivity index (χ3v) is 5.38. The third kappa shape index (κ3) is 4.95. The summed E-state index contributed by atoms with van der Waals surface area (Å²) in [6, 6.07) is 13.5. The molecule has 3 aromatic carbocycles. The third-order valence-electron chi connectivity index (χ3n) is 5.10. The maximum absolute atomic E-state index is 13.9. The number of urea groups is 1. The minimum atomic E-state index is -0.921. The SMILES string of the molecule is COc1cc(/C=C2\C(=O)NC(=O)N(c3ccc(O)cc3)C2=O)cc(Cl)c1OCc1ccccc1F. The van der Waals surface area contributed by atoms with E-state index < -0.39 is 23.7 Å². The number of aromatic hydroxyl groups is 1. The summed E-state index contributed by atoms with van der Waals surface area (Å²) in [5.74, 6) is -1.89. The first kappa shape index (κ1) is 23.8. The van der Waals surface area contributed by atoms with E-state index in [2.05, 4.69) is 5.32 Å². The van der Waals surface area contributed by atoms with Gasteiger partial charge in [0.15, 0.2) is 11.5 Å². The number of anilines is 1. The van der Waals surface area contributed by atoms with Crippen LogP contribution in [0.25, 0.3) is 6.08 Å². The van der Waals surface area contributed by atoms with Crippen molar-refractivity contribution in [2.24, 2.45) is 0 Å². The van der Waals surface area contributed by atoms with Crippen LogP contribution in [0.4, 0.5) is 14.9 Å². The molecule has 178 valence electrons. The zero-order valence-corrected chi connectivity index (χ0v) is 19.0. The number of hydrogen-bond acceptors (Lipinski definition) is 6. The molecule has 3 aromatic rings. The lowest BCUT2D eigenvalue weighted by Gasteiger charge is -2.26. The molecule has 0 spiro atoms. The van der Waals surface area contributed by atoms with Gasteiger partial charge in [0.2, 0.25) is 0 Å². The van der Waals surface area contributed by atoms with Gasteiger partial charge in [0.1, 0.15) is 23.7 Å². The van der Waals surface area contributed by atoms with Crippen molar-refractivity contribution in [2.45, 2.75) is 6.61 Å². The maximum Gasteiger partial charge on any atom is 0.335 e. The summed E-state index contributed by atoms with van der Waals surface area (Å²) >= 11 is 6.37. The Morgan fingerprint density at radius 1 is 1.09 bits per heavy atom. The van der Waals surface area contributed by atoms with Gasteiger partial charge in [0, 0.05) is 5.56 Å². The van der Waals surface area contributed by atoms with Crippen molar-refractivity contribution in [1.29, 1.82) is 0 Å². The van der Waals surface area contributed by atoms with Gasteiger partial charge in [-0.25, -0.2) is 14.1 Å². The number of phenolic OH excluding ortho intramolecular Hbond substituents is 1. The Morgan fingerprint density at radius 2 is 1.80 bits per heavy atom. The molecule has 1 heterocycles. The molecule has 0 atom stereocenters. The second kappa shape index (κ2) is 9.86. The molecule has 10 heteroatoms. The van der Waals surface area contributed by atoms with Gasteiger partial charge in [0.05, 0.1) is 17.8 Å². The Labute approximate surface area is 204 Å². The highest BCUT2D eigenvalue weighted by Gasteiger charge is 2.36. The summed E-state index contributed by atoms with van der Waals surface area (Å²) in [5, 5.41) is 11.7. The molecule has 0 unspecified atom stereocenters. The average molecular weight is 497 g/mol. The first-order valence-corrected chi connectivity index (χ1v) is 10.6. The lowest BCUT2D eigenvalue weighted by atomic mass is 10.1. The highest BCUT2D eigenvalue weighted by Crippen LogP contribution is 2.38. The highest BCUT2D eigenvalue weighted by molar-refractivity contribution is 6.39. The van der Waals surface area contributed by atoms with Crippen LogP contribution in [0.1, 0.15) is 11.1 Å². The summed E-state index contributed by atoms with van der Waals surface area (Å²) in [6.07, 6.45) is 1.26. The van der Waals surface area contributed by atoms with Gasteiger partial charge >= 0.3 is 6.03 Å². The van der Waals surface area contributed by atoms with E-state index in [0.717, 1.165) is 4.90 Å². The Kier molecular flexibility index (Phi) is 6.70. The molecule has 1 fully saturated rings. The molecule has 4 amide bonds. The molecule has 1 aliphatic rings. The predicted octanol–water partition coefficient (Wildman–Crippen LogP) is 4.44. The summed E-state index contributed by atoms with van der Waals surface area (Å²) in [4.78, 5) is 38.5. The highest BCUT2D eigenvalue weighted by atomic mass is 35.5. The van der Waals surface area contributed by atoms with Crippen LogP contribution in [0.5, 0.6) is 17.2 Å². The summed E-state index contributed by atoms with van der Waals surface area (Å²) in [6.45, 7) is -0.103. The number of rotatable bonds is 6. The van der Waals surface area contributed by atoms with E-state index in [-0.39, 0.29) is 40.1 Å². The smallest absolute Gasteiger partial charge is 0.335 e. The fraction of sp³-hybridized carbons (Fsp3) is 0.0800. The van der Waals surface area contributed by atoms with Crippen molar-refractivity contribution in [3.05, 3.63) is 88.2 Å². The van der Waals surface area contributed by atoms with E-state index in [9.17, 15) is 23.9 Å². The van der Waals surface area contributed by atoms with Gasteiger partial charge in [-0.2, -0.15) is 0 Å². The Balaban J connectivity index is 1.64. The minimum absolute atomic E-state index is 0.0514. The molecule has 0 saturated carbocycles. The fourth-order valence-corrected chi connectivity index (χ4v) is 3.66. The fourth-order valence-electron chi connectivity index (χ4n) is 3.39. The number of halogens is 2. The van der Waals surface area contributed by atoms with Crippen molar-refractivity contribution < 1.29 is 33.4 Å². The van der Waals surface area contributed by atoms with Gasteiger partial charge in [0.25, 0.3) is 11.8 Å². The van der Waals surface area contributed by atoms with Gasteiger partial charge < -0.3 is 14.6 Å². The molecule has 1 saturated heterocycles. The van der Waals surface area contributed by atoms with Crippen molar-refractivity contribution in [3.8, 4) is 17.2 Å². The van der Waals surface area contributed by atoms with E-state index in [1.165, 1.54) is 55.7 Å². The van der Waals surface area contributed by atoms with Gasteiger partial charge in [-0.15, -0.1) is 0 Å². The van der Waals surface area contributed by atoms with E-state index >= 15 is 0 Å². The van der Waals surface area contributed by atoms with Crippen LogP contribution < -0.4 is 19.7 Å². The number of benzene rings is 3. The Hall–Kier alpha value is -4.37. The first-order chi connectivity index (χ1) is 16.8. The number of hydrogen-bond donors (Lipinski definition) is 2. The molecule has 0 aromatic heterocycles. The van der Waals surface area contributed by atoms with Gasteiger partial charge in [-0.1, -0.05) is 29.8 Å². The van der Waals surface area contributed by atoms with Crippen LogP contribution in [0.3, 0.4) is 0 Å². The number of ether oxygens (including phenoxy) is 2. The Morgan fingerprint density at radius 3 is 2.49 bits per heavy atom. The molecule has 4 rings (SSSR count). The lowest BCUT2D eigenvalue weighted by molar-refractivity contribution is -0.122. The normalized spacial score (nSPS) is 14.8. The number of nitrogens with one attached hydrogen (secondary N) is 1.